The van der Waals surface area contributed by atoms with Crippen molar-refractivity contribution in [1.82, 2.24) is 0 Å². The number of carbonyl (C=O) groups is 1. The Morgan fingerprint density at radius 2 is 1.81 bits per heavy atom. The van der Waals surface area contributed by atoms with E-state index in [0.717, 1.165) is 5.56 Å². The lowest BCUT2D eigenvalue weighted by atomic mass is 9.91. The molecule has 1 aliphatic rings. The first-order valence-corrected chi connectivity index (χ1v) is 10.5. The van der Waals surface area contributed by atoms with Crippen molar-refractivity contribution in [3.05, 3.63) is 66.2 Å². The number of rotatable bonds is 6. The molecule has 0 amide bonds. The quantitative estimate of drug-likeness (QED) is 0.621. The Balaban J connectivity index is 2.04. The number of esters is 1. The zero-order valence-electron chi connectivity index (χ0n) is 14.7. The highest BCUT2D eigenvalue weighted by molar-refractivity contribution is 7.66. The predicted octanol–water partition coefficient (Wildman–Crippen LogP) is 3.22. The zero-order valence-corrected chi connectivity index (χ0v) is 15.6. The van der Waals surface area contributed by atoms with Crippen LogP contribution in [0, 0.1) is 0 Å². The summed E-state index contributed by atoms with van der Waals surface area (Å²) < 4.78 is 24.9. The smallest absolute Gasteiger partial charge is 0.305 e. The highest BCUT2D eigenvalue weighted by Gasteiger charge is 2.55. The van der Waals surface area contributed by atoms with Crippen LogP contribution in [-0.4, -0.2) is 29.7 Å². The van der Waals surface area contributed by atoms with Crippen molar-refractivity contribution in [2.24, 2.45) is 0 Å². The van der Waals surface area contributed by atoms with Gasteiger partial charge in [0.05, 0.1) is 5.66 Å². The molecule has 2 aromatic carbocycles. The molecule has 2 aromatic rings. The summed E-state index contributed by atoms with van der Waals surface area (Å²) in [5, 5.41) is 0.387. The number of ether oxygens (including phenoxy) is 2. The van der Waals surface area contributed by atoms with Gasteiger partial charge in [-0.3, -0.25) is 9.36 Å². The van der Waals surface area contributed by atoms with E-state index in [1.54, 1.807) is 31.2 Å². The van der Waals surface area contributed by atoms with Gasteiger partial charge in [0, 0.05) is 18.3 Å². The average Bonchev–Trinajstić information content (AvgIpc) is 3.13. The van der Waals surface area contributed by atoms with Crippen LogP contribution in [0.3, 0.4) is 0 Å². The average molecular weight is 374 g/mol. The van der Waals surface area contributed by atoms with Crippen LogP contribution in [0.15, 0.2) is 60.7 Å². The molecule has 1 fully saturated rings. The zero-order chi connectivity index (χ0) is 18.6. The molecule has 0 saturated carbocycles. The van der Waals surface area contributed by atoms with Gasteiger partial charge in [0.2, 0.25) is 7.37 Å². The molecule has 1 N–H and O–H groups in total. The molecule has 138 valence electrons. The molecule has 1 saturated heterocycles. The second-order valence-corrected chi connectivity index (χ2v) is 8.77. The predicted molar refractivity (Wildman–Crippen MR) is 99.6 cm³/mol. The minimum absolute atomic E-state index is 0.0776. The van der Waals surface area contributed by atoms with Crippen LogP contribution in [0.25, 0.3) is 0 Å². The molecule has 6 heteroatoms. The standard InChI is InChI=1S/C20H23O5P/c1-2-19(21)24-15-20(16-9-5-3-6-10-16)18(13-14-25-20)26(22,23)17-11-7-4-8-12-17/h3-12,18H,2,13-15H2,1H3,(H,22,23). The molecule has 0 radical (unpaired) electrons. The van der Waals surface area contributed by atoms with Crippen LogP contribution >= 0.6 is 7.37 Å². The number of benzene rings is 2. The summed E-state index contributed by atoms with van der Waals surface area (Å²) >= 11 is 0. The Morgan fingerprint density at radius 1 is 1.19 bits per heavy atom. The van der Waals surface area contributed by atoms with Crippen molar-refractivity contribution in [2.75, 3.05) is 13.2 Å². The Bertz CT molecular complexity index is 792. The molecular formula is C20H23O5P. The largest absolute Gasteiger partial charge is 0.462 e. The van der Waals surface area contributed by atoms with Gasteiger partial charge in [-0.2, -0.15) is 0 Å². The van der Waals surface area contributed by atoms with E-state index >= 15 is 0 Å². The Hall–Kier alpha value is -1.94. The van der Waals surface area contributed by atoms with Crippen LogP contribution in [0.2, 0.25) is 0 Å². The van der Waals surface area contributed by atoms with Gasteiger partial charge in [-0.15, -0.1) is 0 Å². The molecule has 0 spiro atoms. The molecular weight excluding hydrogens is 351 g/mol. The van der Waals surface area contributed by atoms with Crippen molar-refractivity contribution >= 4 is 18.6 Å². The Labute approximate surface area is 153 Å². The summed E-state index contributed by atoms with van der Waals surface area (Å²) in [6, 6.07) is 17.9. The van der Waals surface area contributed by atoms with Crippen LogP contribution < -0.4 is 5.30 Å². The summed E-state index contributed by atoms with van der Waals surface area (Å²) in [5.74, 6) is -0.359. The van der Waals surface area contributed by atoms with E-state index in [-0.39, 0.29) is 19.0 Å². The topological polar surface area (TPSA) is 72.8 Å². The fraction of sp³-hybridized carbons (Fsp3) is 0.350. The van der Waals surface area contributed by atoms with E-state index in [1.165, 1.54) is 0 Å². The summed E-state index contributed by atoms with van der Waals surface area (Å²) in [6.07, 6.45) is 0.659. The number of carbonyl (C=O) groups excluding carboxylic acids is 1. The van der Waals surface area contributed by atoms with Crippen LogP contribution in [0.1, 0.15) is 25.3 Å². The molecule has 5 nitrogen and oxygen atoms in total. The highest BCUT2D eigenvalue weighted by Crippen LogP contribution is 2.58. The third-order valence-corrected chi connectivity index (χ3v) is 7.39. The van der Waals surface area contributed by atoms with E-state index in [4.69, 9.17) is 9.47 Å². The van der Waals surface area contributed by atoms with E-state index < -0.39 is 18.6 Å². The van der Waals surface area contributed by atoms with Crippen LogP contribution in [-0.2, 0) is 24.4 Å². The van der Waals surface area contributed by atoms with Gasteiger partial charge >= 0.3 is 5.97 Å². The molecule has 26 heavy (non-hydrogen) atoms. The van der Waals surface area contributed by atoms with Gasteiger partial charge in [0.15, 0.2) is 0 Å². The maximum Gasteiger partial charge on any atom is 0.305 e. The van der Waals surface area contributed by atoms with E-state index in [0.29, 0.717) is 18.3 Å². The van der Waals surface area contributed by atoms with Crippen molar-refractivity contribution in [3.8, 4) is 0 Å². The fourth-order valence-corrected chi connectivity index (χ4v) is 5.75. The molecule has 0 aromatic heterocycles. The molecule has 0 bridgehead atoms. The summed E-state index contributed by atoms with van der Waals surface area (Å²) in [6.45, 7) is 1.97. The van der Waals surface area contributed by atoms with Crippen LogP contribution in [0.4, 0.5) is 0 Å². The third kappa shape index (κ3) is 3.48. The summed E-state index contributed by atoms with van der Waals surface area (Å²) in [7, 11) is -3.76. The lowest BCUT2D eigenvalue weighted by Gasteiger charge is -2.36. The van der Waals surface area contributed by atoms with Crippen molar-refractivity contribution in [2.45, 2.75) is 31.0 Å². The first-order chi connectivity index (χ1) is 12.5. The minimum atomic E-state index is -3.76. The number of hydrogen-bond donors (Lipinski definition) is 1. The third-order valence-electron chi connectivity index (χ3n) is 4.84. The van der Waals surface area contributed by atoms with Crippen molar-refractivity contribution < 1.29 is 23.7 Å². The Morgan fingerprint density at radius 3 is 2.42 bits per heavy atom. The highest BCUT2D eigenvalue weighted by atomic mass is 31.2. The van der Waals surface area contributed by atoms with Gasteiger partial charge in [0.1, 0.15) is 12.2 Å². The van der Waals surface area contributed by atoms with Gasteiger partial charge in [-0.05, 0) is 24.1 Å². The van der Waals surface area contributed by atoms with Gasteiger partial charge < -0.3 is 14.4 Å². The maximum atomic E-state index is 13.5. The Kier molecular flexibility index (Phi) is 5.61. The van der Waals surface area contributed by atoms with Gasteiger partial charge in [-0.25, -0.2) is 0 Å². The molecule has 3 unspecified atom stereocenters. The van der Waals surface area contributed by atoms with Crippen molar-refractivity contribution in [3.63, 3.8) is 0 Å². The molecule has 3 atom stereocenters. The lowest BCUT2D eigenvalue weighted by molar-refractivity contribution is -0.152. The first-order valence-electron chi connectivity index (χ1n) is 8.74. The van der Waals surface area contributed by atoms with Crippen LogP contribution in [0.5, 0.6) is 0 Å². The van der Waals surface area contributed by atoms with E-state index in [9.17, 15) is 14.3 Å². The number of hydrogen-bond acceptors (Lipinski definition) is 4. The lowest BCUT2D eigenvalue weighted by Crippen LogP contribution is -2.43. The van der Waals surface area contributed by atoms with E-state index in [2.05, 4.69) is 0 Å². The SMILES string of the molecule is CCC(=O)OCC1(c2ccccc2)OCCC1P(=O)(O)c1ccccc1. The molecule has 0 aliphatic carbocycles. The summed E-state index contributed by atoms with van der Waals surface area (Å²) in [4.78, 5) is 22.8. The van der Waals surface area contributed by atoms with Crippen molar-refractivity contribution in [1.29, 1.82) is 0 Å². The normalized spacial score (nSPS) is 24.8. The molecule has 1 aliphatic heterocycles. The monoisotopic (exact) mass is 374 g/mol. The molecule has 3 rings (SSSR count). The van der Waals surface area contributed by atoms with E-state index in [1.807, 2.05) is 36.4 Å². The second-order valence-electron chi connectivity index (χ2n) is 6.38. The van der Waals surface area contributed by atoms with Gasteiger partial charge in [-0.1, -0.05) is 55.5 Å². The minimum Gasteiger partial charge on any atom is -0.462 e. The first kappa shape index (κ1) is 18.8. The fourth-order valence-electron chi connectivity index (χ4n) is 3.47. The maximum absolute atomic E-state index is 13.5. The molecule has 1 heterocycles. The van der Waals surface area contributed by atoms with Gasteiger partial charge in [0.25, 0.3) is 0 Å². The summed E-state index contributed by atoms with van der Waals surface area (Å²) in [5.41, 5.74) is -1.08. The second kappa shape index (κ2) is 7.75.